The van der Waals surface area contributed by atoms with E-state index in [0.717, 1.165) is 17.7 Å². The Labute approximate surface area is 101 Å². The predicted molar refractivity (Wildman–Crippen MR) is 69.0 cm³/mol. The summed E-state index contributed by atoms with van der Waals surface area (Å²) in [6, 6.07) is 6.29. The van der Waals surface area contributed by atoms with Crippen LogP contribution in [0.25, 0.3) is 0 Å². The second kappa shape index (κ2) is 5.02. The van der Waals surface area contributed by atoms with Gasteiger partial charge in [0.2, 0.25) is 0 Å². The maximum absolute atomic E-state index is 5.82. The average Bonchev–Trinajstić information content (AvgIpc) is 2.16. The SMILES string of the molecule is Cc1ccc(OCC(C)(C)CBr)c(C)c1. The highest BCUT2D eigenvalue weighted by atomic mass is 79.9. The third kappa shape index (κ3) is 3.86. The van der Waals surface area contributed by atoms with Crippen molar-refractivity contribution in [3.05, 3.63) is 29.3 Å². The van der Waals surface area contributed by atoms with Crippen LogP contribution in [0.3, 0.4) is 0 Å². The first-order chi connectivity index (χ1) is 6.94. The van der Waals surface area contributed by atoms with E-state index >= 15 is 0 Å². The second-order valence-corrected chi connectivity index (χ2v) is 5.42. The van der Waals surface area contributed by atoms with Crippen LogP contribution in [-0.2, 0) is 0 Å². The zero-order valence-corrected chi connectivity index (χ0v) is 11.5. The van der Waals surface area contributed by atoms with Crippen LogP contribution in [0.1, 0.15) is 25.0 Å². The molecule has 1 nitrogen and oxygen atoms in total. The fourth-order valence-corrected chi connectivity index (χ4v) is 1.43. The third-order valence-electron chi connectivity index (χ3n) is 2.31. The van der Waals surface area contributed by atoms with E-state index in [1.165, 1.54) is 11.1 Å². The molecule has 0 atom stereocenters. The monoisotopic (exact) mass is 270 g/mol. The highest BCUT2D eigenvalue weighted by molar-refractivity contribution is 9.09. The first-order valence-corrected chi connectivity index (χ1v) is 6.33. The van der Waals surface area contributed by atoms with Gasteiger partial charge >= 0.3 is 0 Å². The summed E-state index contributed by atoms with van der Waals surface area (Å²) in [5, 5.41) is 0.949. The van der Waals surface area contributed by atoms with Gasteiger partial charge in [-0.15, -0.1) is 0 Å². The number of hydrogen-bond acceptors (Lipinski definition) is 1. The van der Waals surface area contributed by atoms with Gasteiger partial charge in [-0.05, 0) is 25.5 Å². The lowest BCUT2D eigenvalue weighted by Crippen LogP contribution is -2.23. The maximum Gasteiger partial charge on any atom is 0.122 e. The van der Waals surface area contributed by atoms with Crippen LogP contribution in [0.2, 0.25) is 0 Å². The zero-order chi connectivity index (χ0) is 11.5. The Morgan fingerprint density at radius 3 is 2.47 bits per heavy atom. The zero-order valence-electron chi connectivity index (χ0n) is 9.93. The van der Waals surface area contributed by atoms with Gasteiger partial charge in [0.15, 0.2) is 0 Å². The van der Waals surface area contributed by atoms with E-state index in [9.17, 15) is 0 Å². The van der Waals surface area contributed by atoms with Crippen molar-refractivity contribution in [2.75, 3.05) is 11.9 Å². The first kappa shape index (κ1) is 12.6. The van der Waals surface area contributed by atoms with Crippen LogP contribution in [0.15, 0.2) is 18.2 Å². The number of aryl methyl sites for hydroxylation is 2. The fraction of sp³-hybridized carbons (Fsp3) is 0.538. The van der Waals surface area contributed by atoms with E-state index in [2.05, 4.69) is 61.8 Å². The number of benzene rings is 1. The minimum Gasteiger partial charge on any atom is -0.493 e. The van der Waals surface area contributed by atoms with Crippen molar-refractivity contribution in [1.82, 2.24) is 0 Å². The van der Waals surface area contributed by atoms with E-state index in [-0.39, 0.29) is 5.41 Å². The summed E-state index contributed by atoms with van der Waals surface area (Å²) in [4.78, 5) is 0. The van der Waals surface area contributed by atoms with Crippen LogP contribution in [0.4, 0.5) is 0 Å². The lowest BCUT2D eigenvalue weighted by molar-refractivity contribution is 0.202. The Kier molecular flexibility index (Phi) is 4.21. The Bertz CT molecular complexity index is 331. The molecule has 0 unspecified atom stereocenters. The molecule has 0 aliphatic heterocycles. The number of halogens is 1. The fourth-order valence-electron chi connectivity index (χ4n) is 1.27. The van der Waals surface area contributed by atoms with Crippen molar-refractivity contribution < 1.29 is 4.74 Å². The molecule has 1 rings (SSSR count). The van der Waals surface area contributed by atoms with Gasteiger partial charge in [-0.25, -0.2) is 0 Å². The van der Waals surface area contributed by atoms with Gasteiger partial charge in [-0.2, -0.15) is 0 Å². The first-order valence-electron chi connectivity index (χ1n) is 5.21. The van der Waals surface area contributed by atoms with Crippen molar-refractivity contribution in [2.24, 2.45) is 5.41 Å². The molecule has 84 valence electrons. The predicted octanol–water partition coefficient (Wildman–Crippen LogP) is 4.10. The molecule has 0 saturated carbocycles. The molecule has 0 aromatic heterocycles. The molecule has 0 heterocycles. The Morgan fingerprint density at radius 2 is 1.93 bits per heavy atom. The summed E-state index contributed by atoms with van der Waals surface area (Å²) < 4.78 is 5.82. The van der Waals surface area contributed by atoms with E-state index in [1.54, 1.807) is 0 Å². The average molecular weight is 271 g/mol. The van der Waals surface area contributed by atoms with Crippen molar-refractivity contribution in [3.63, 3.8) is 0 Å². The quantitative estimate of drug-likeness (QED) is 0.749. The molecule has 0 aliphatic rings. The molecule has 2 heteroatoms. The molecule has 0 aliphatic carbocycles. The molecular formula is C13H19BrO. The van der Waals surface area contributed by atoms with E-state index < -0.39 is 0 Å². The summed E-state index contributed by atoms with van der Waals surface area (Å²) in [7, 11) is 0. The Balaban J connectivity index is 2.66. The van der Waals surface area contributed by atoms with Gasteiger partial charge in [0, 0.05) is 10.7 Å². The lowest BCUT2D eigenvalue weighted by Gasteiger charge is -2.22. The van der Waals surface area contributed by atoms with E-state index in [4.69, 9.17) is 4.74 Å². The number of rotatable bonds is 4. The Hall–Kier alpha value is -0.500. The molecular weight excluding hydrogens is 252 g/mol. The summed E-state index contributed by atoms with van der Waals surface area (Å²) in [6.07, 6.45) is 0. The largest absolute Gasteiger partial charge is 0.493 e. The van der Waals surface area contributed by atoms with Crippen molar-refractivity contribution in [2.45, 2.75) is 27.7 Å². The van der Waals surface area contributed by atoms with Crippen LogP contribution in [0.5, 0.6) is 5.75 Å². The molecule has 0 bridgehead atoms. The minimum absolute atomic E-state index is 0.178. The van der Waals surface area contributed by atoms with Crippen LogP contribution < -0.4 is 4.74 Å². The smallest absolute Gasteiger partial charge is 0.122 e. The lowest BCUT2D eigenvalue weighted by atomic mass is 9.98. The van der Waals surface area contributed by atoms with Gasteiger partial charge in [0.25, 0.3) is 0 Å². The van der Waals surface area contributed by atoms with Crippen LogP contribution >= 0.6 is 15.9 Å². The molecule has 0 fully saturated rings. The number of alkyl halides is 1. The van der Waals surface area contributed by atoms with Gasteiger partial charge in [-0.3, -0.25) is 0 Å². The highest BCUT2D eigenvalue weighted by Gasteiger charge is 2.17. The van der Waals surface area contributed by atoms with Crippen molar-refractivity contribution in [1.29, 1.82) is 0 Å². The van der Waals surface area contributed by atoms with Gasteiger partial charge in [-0.1, -0.05) is 47.5 Å². The standard InChI is InChI=1S/C13H19BrO/c1-10-5-6-12(11(2)7-10)15-9-13(3,4)8-14/h5-7H,8-9H2,1-4H3. The second-order valence-electron chi connectivity index (χ2n) is 4.86. The number of ether oxygens (including phenoxy) is 1. The molecule has 0 amide bonds. The van der Waals surface area contributed by atoms with Gasteiger partial charge in [0.05, 0.1) is 6.61 Å². The van der Waals surface area contributed by atoms with Crippen molar-refractivity contribution >= 4 is 15.9 Å². The summed E-state index contributed by atoms with van der Waals surface area (Å²) >= 11 is 3.49. The summed E-state index contributed by atoms with van der Waals surface area (Å²) in [5.41, 5.74) is 2.66. The Morgan fingerprint density at radius 1 is 1.27 bits per heavy atom. The van der Waals surface area contributed by atoms with Gasteiger partial charge in [0.1, 0.15) is 5.75 Å². The third-order valence-corrected chi connectivity index (χ3v) is 3.83. The van der Waals surface area contributed by atoms with E-state index in [1.807, 2.05) is 0 Å². The molecule has 0 N–H and O–H groups in total. The normalized spacial score (nSPS) is 11.5. The number of hydrogen-bond donors (Lipinski definition) is 0. The van der Waals surface area contributed by atoms with Crippen LogP contribution in [0, 0.1) is 19.3 Å². The van der Waals surface area contributed by atoms with Gasteiger partial charge < -0.3 is 4.74 Å². The van der Waals surface area contributed by atoms with E-state index in [0.29, 0.717) is 0 Å². The van der Waals surface area contributed by atoms with Crippen LogP contribution in [-0.4, -0.2) is 11.9 Å². The molecule has 1 aromatic rings. The molecule has 15 heavy (non-hydrogen) atoms. The minimum atomic E-state index is 0.178. The molecule has 0 radical (unpaired) electrons. The topological polar surface area (TPSA) is 9.23 Å². The molecule has 1 aromatic carbocycles. The molecule has 0 saturated heterocycles. The maximum atomic E-state index is 5.82. The highest BCUT2D eigenvalue weighted by Crippen LogP contribution is 2.23. The van der Waals surface area contributed by atoms with Crippen molar-refractivity contribution in [3.8, 4) is 5.75 Å². The molecule has 0 spiro atoms. The summed E-state index contributed by atoms with van der Waals surface area (Å²) in [6.45, 7) is 9.29. The summed E-state index contributed by atoms with van der Waals surface area (Å²) in [5.74, 6) is 0.995.